The molecule has 2 heterocycles. The minimum atomic E-state index is 0.428. The second kappa shape index (κ2) is 2.89. The van der Waals surface area contributed by atoms with Crippen LogP contribution in [0.25, 0.3) is 17.0 Å². The highest BCUT2D eigenvalue weighted by atomic mass is 15.1. The molecule has 0 radical (unpaired) electrons. The number of nitrogens with zero attached hydrogens (tertiary/aromatic N) is 1. The Morgan fingerprint density at radius 3 is 2.93 bits per heavy atom. The molecule has 15 heavy (non-hydrogen) atoms. The first kappa shape index (κ1) is 8.60. The zero-order chi connectivity index (χ0) is 10.4. The van der Waals surface area contributed by atoms with E-state index < -0.39 is 0 Å². The van der Waals surface area contributed by atoms with Crippen LogP contribution in [0.3, 0.4) is 0 Å². The maximum absolute atomic E-state index is 3.50. The van der Waals surface area contributed by atoms with Crippen molar-refractivity contribution in [1.29, 1.82) is 0 Å². The summed E-state index contributed by atoms with van der Waals surface area (Å²) in [7, 11) is 2.11. The van der Waals surface area contributed by atoms with Gasteiger partial charge in [-0.05, 0) is 19.1 Å². The summed E-state index contributed by atoms with van der Waals surface area (Å²) in [4.78, 5) is 5.72. The summed E-state index contributed by atoms with van der Waals surface area (Å²) in [5, 5.41) is 1.32. The third kappa shape index (κ3) is 1.11. The summed E-state index contributed by atoms with van der Waals surface area (Å²) in [6.45, 7) is 2.22. The van der Waals surface area contributed by atoms with Crippen LogP contribution in [0.4, 0.5) is 0 Å². The Balaban J connectivity index is 2.33. The Labute approximate surface area is 89.2 Å². The lowest BCUT2D eigenvalue weighted by Gasteiger charge is -2.26. The second-order valence-electron chi connectivity index (χ2n) is 4.16. The average Bonchev–Trinajstić information content (AvgIpc) is 2.63. The van der Waals surface area contributed by atoms with E-state index in [0.29, 0.717) is 6.04 Å². The summed E-state index contributed by atoms with van der Waals surface area (Å²) in [6, 6.07) is 8.90. The quantitative estimate of drug-likeness (QED) is 0.689. The summed E-state index contributed by atoms with van der Waals surface area (Å²) in [5.74, 6) is 0. The zero-order valence-corrected chi connectivity index (χ0v) is 8.99. The first-order chi connectivity index (χ1) is 7.27. The number of aromatic amines is 1. The Hall–Kier alpha value is -1.70. The van der Waals surface area contributed by atoms with E-state index >= 15 is 0 Å². The molecule has 2 heteroatoms. The Morgan fingerprint density at radius 1 is 1.27 bits per heavy atom. The van der Waals surface area contributed by atoms with Crippen molar-refractivity contribution in [3.63, 3.8) is 0 Å². The molecule has 1 unspecified atom stereocenters. The third-order valence-corrected chi connectivity index (χ3v) is 3.28. The largest absolute Gasteiger partial charge is 0.372 e. The highest BCUT2D eigenvalue weighted by molar-refractivity contribution is 5.91. The number of hydrogen-bond acceptors (Lipinski definition) is 1. The molecular weight excluding hydrogens is 184 g/mol. The molecule has 1 aromatic carbocycles. The van der Waals surface area contributed by atoms with Crippen molar-refractivity contribution in [2.75, 3.05) is 7.05 Å². The van der Waals surface area contributed by atoms with Gasteiger partial charge in [-0.25, -0.2) is 0 Å². The molecule has 2 aromatic rings. The van der Waals surface area contributed by atoms with Gasteiger partial charge in [0.1, 0.15) is 0 Å². The number of H-pyrrole nitrogens is 1. The normalized spacial score (nSPS) is 19.6. The molecular formula is C13H14N2. The van der Waals surface area contributed by atoms with Crippen LogP contribution in [0.5, 0.6) is 0 Å². The maximum Gasteiger partial charge on any atom is 0.0661 e. The lowest BCUT2D eigenvalue weighted by Crippen LogP contribution is -2.19. The topological polar surface area (TPSA) is 19.0 Å². The number of rotatable bonds is 0. The van der Waals surface area contributed by atoms with Crippen molar-refractivity contribution >= 4 is 17.0 Å². The van der Waals surface area contributed by atoms with Gasteiger partial charge in [0.2, 0.25) is 0 Å². The van der Waals surface area contributed by atoms with Crippen molar-refractivity contribution in [2.24, 2.45) is 0 Å². The first-order valence-corrected chi connectivity index (χ1v) is 5.28. The number of nitrogens with one attached hydrogen (secondary N) is 1. The summed E-state index contributed by atoms with van der Waals surface area (Å²) in [6.07, 6.45) is 4.33. The van der Waals surface area contributed by atoms with Gasteiger partial charge in [-0.2, -0.15) is 0 Å². The minimum Gasteiger partial charge on any atom is -0.372 e. The van der Waals surface area contributed by atoms with E-state index in [4.69, 9.17) is 0 Å². The van der Waals surface area contributed by atoms with Gasteiger partial charge < -0.3 is 9.88 Å². The number of aromatic nitrogens is 1. The molecule has 1 aliphatic heterocycles. The monoisotopic (exact) mass is 198 g/mol. The second-order valence-corrected chi connectivity index (χ2v) is 4.16. The highest BCUT2D eigenvalue weighted by Crippen LogP contribution is 2.33. The van der Waals surface area contributed by atoms with Gasteiger partial charge in [-0.3, -0.25) is 0 Å². The van der Waals surface area contributed by atoms with Crippen molar-refractivity contribution < 1.29 is 0 Å². The van der Waals surface area contributed by atoms with E-state index in [1.165, 1.54) is 22.2 Å². The Kier molecular flexibility index (Phi) is 1.66. The standard InChI is InChI=1S/C13H14N2/c1-9-13-11(7-8-15(9)2)10-5-3-4-6-12(10)14-13/h3-9,14H,1-2H3. The van der Waals surface area contributed by atoms with Gasteiger partial charge in [0.05, 0.1) is 6.04 Å². The molecule has 76 valence electrons. The Bertz CT molecular complexity index is 536. The van der Waals surface area contributed by atoms with Gasteiger partial charge in [-0.15, -0.1) is 0 Å². The van der Waals surface area contributed by atoms with E-state index in [0.717, 1.165) is 0 Å². The van der Waals surface area contributed by atoms with E-state index in [1.54, 1.807) is 0 Å². The van der Waals surface area contributed by atoms with Crippen molar-refractivity contribution in [3.05, 3.63) is 41.7 Å². The zero-order valence-electron chi connectivity index (χ0n) is 8.99. The van der Waals surface area contributed by atoms with Crippen LogP contribution >= 0.6 is 0 Å². The summed E-state index contributed by atoms with van der Waals surface area (Å²) >= 11 is 0. The number of benzene rings is 1. The van der Waals surface area contributed by atoms with Gasteiger partial charge in [0, 0.05) is 35.4 Å². The molecule has 0 bridgehead atoms. The molecule has 0 saturated carbocycles. The minimum absolute atomic E-state index is 0.428. The molecule has 3 rings (SSSR count). The molecule has 0 spiro atoms. The summed E-state index contributed by atoms with van der Waals surface area (Å²) in [5.41, 5.74) is 3.90. The van der Waals surface area contributed by atoms with E-state index in [9.17, 15) is 0 Å². The molecule has 0 amide bonds. The third-order valence-electron chi connectivity index (χ3n) is 3.28. The fourth-order valence-corrected chi connectivity index (χ4v) is 2.22. The van der Waals surface area contributed by atoms with Crippen LogP contribution in [-0.4, -0.2) is 16.9 Å². The highest BCUT2D eigenvalue weighted by Gasteiger charge is 2.20. The Morgan fingerprint density at radius 2 is 2.07 bits per heavy atom. The predicted octanol–water partition coefficient (Wildman–Crippen LogP) is 3.15. The molecule has 0 fully saturated rings. The average molecular weight is 198 g/mol. The fraction of sp³-hybridized carbons (Fsp3) is 0.231. The van der Waals surface area contributed by atoms with Crippen molar-refractivity contribution in [2.45, 2.75) is 13.0 Å². The lowest BCUT2D eigenvalue weighted by atomic mass is 10.0. The van der Waals surface area contributed by atoms with Gasteiger partial charge >= 0.3 is 0 Å². The number of hydrogen-bond donors (Lipinski definition) is 1. The molecule has 2 nitrogen and oxygen atoms in total. The van der Waals surface area contributed by atoms with Crippen LogP contribution < -0.4 is 0 Å². The molecule has 0 saturated heterocycles. The van der Waals surface area contributed by atoms with Crippen LogP contribution in [0.2, 0.25) is 0 Å². The van der Waals surface area contributed by atoms with E-state index in [2.05, 4.69) is 60.4 Å². The SMILES string of the molecule is CC1c2[nH]c3ccccc3c2C=CN1C. The number of fused-ring (bicyclic) bond motifs is 3. The van der Waals surface area contributed by atoms with Crippen molar-refractivity contribution in [1.82, 2.24) is 9.88 Å². The molecule has 0 aliphatic carbocycles. The smallest absolute Gasteiger partial charge is 0.0661 e. The van der Waals surface area contributed by atoms with Crippen LogP contribution in [-0.2, 0) is 0 Å². The first-order valence-electron chi connectivity index (χ1n) is 5.28. The van der Waals surface area contributed by atoms with Gasteiger partial charge in [0.15, 0.2) is 0 Å². The summed E-state index contributed by atoms with van der Waals surface area (Å²) < 4.78 is 0. The van der Waals surface area contributed by atoms with Crippen molar-refractivity contribution in [3.8, 4) is 0 Å². The molecule has 1 aromatic heterocycles. The lowest BCUT2D eigenvalue weighted by molar-refractivity contribution is 0.352. The predicted molar refractivity (Wildman–Crippen MR) is 63.5 cm³/mol. The van der Waals surface area contributed by atoms with E-state index in [-0.39, 0.29) is 0 Å². The van der Waals surface area contributed by atoms with Crippen LogP contribution in [0.15, 0.2) is 30.5 Å². The molecule has 1 atom stereocenters. The fourth-order valence-electron chi connectivity index (χ4n) is 2.22. The van der Waals surface area contributed by atoms with Gasteiger partial charge in [-0.1, -0.05) is 18.2 Å². The molecule has 1 aliphatic rings. The van der Waals surface area contributed by atoms with Crippen LogP contribution in [0.1, 0.15) is 24.2 Å². The van der Waals surface area contributed by atoms with Crippen LogP contribution in [0, 0.1) is 0 Å². The molecule has 1 N–H and O–H groups in total. The van der Waals surface area contributed by atoms with E-state index in [1.807, 2.05) is 0 Å². The maximum atomic E-state index is 3.50. The van der Waals surface area contributed by atoms with Gasteiger partial charge in [0.25, 0.3) is 0 Å². The number of para-hydroxylation sites is 1.